The van der Waals surface area contributed by atoms with Crippen LogP contribution in [0.5, 0.6) is 5.75 Å². The van der Waals surface area contributed by atoms with Gasteiger partial charge in [0.05, 0.1) is 25.2 Å². The highest BCUT2D eigenvalue weighted by Gasteiger charge is 2.06. The number of hydrogen-bond donors (Lipinski definition) is 0. The maximum atomic E-state index is 12.5. The van der Waals surface area contributed by atoms with E-state index in [0.717, 1.165) is 16.9 Å². The molecule has 0 atom stereocenters. The zero-order valence-electron chi connectivity index (χ0n) is 14.8. The van der Waals surface area contributed by atoms with Crippen LogP contribution in [0.2, 0.25) is 0 Å². The van der Waals surface area contributed by atoms with Crippen LogP contribution in [-0.2, 0) is 6.54 Å². The molecule has 25 heavy (non-hydrogen) atoms. The van der Waals surface area contributed by atoms with E-state index < -0.39 is 0 Å². The molecule has 0 aliphatic rings. The summed E-state index contributed by atoms with van der Waals surface area (Å²) in [7, 11) is 0. The SMILES string of the molecule is CCOc1ccc(-c2cc(=O)n(Cc3cc(C)ccc3C)cn2)cc1. The maximum Gasteiger partial charge on any atom is 0.254 e. The third kappa shape index (κ3) is 3.97. The molecule has 4 nitrogen and oxygen atoms in total. The molecule has 3 aromatic rings. The molecule has 1 aromatic heterocycles. The summed E-state index contributed by atoms with van der Waals surface area (Å²) in [5.41, 5.74) is 5.02. The van der Waals surface area contributed by atoms with Crippen LogP contribution in [0.3, 0.4) is 0 Å². The van der Waals surface area contributed by atoms with E-state index in [1.807, 2.05) is 31.2 Å². The van der Waals surface area contributed by atoms with E-state index in [-0.39, 0.29) is 5.56 Å². The van der Waals surface area contributed by atoms with E-state index >= 15 is 0 Å². The Labute approximate surface area is 147 Å². The van der Waals surface area contributed by atoms with Gasteiger partial charge in [-0.1, -0.05) is 23.8 Å². The Hall–Kier alpha value is -2.88. The second-order valence-electron chi connectivity index (χ2n) is 6.13. The number of rotatable bonds is 5. The molecule has 4 heteroatoms. The first-order valence-electron chi connectivity index (χ1n) is 8.42. The number of nitrogens with zero attached hydrogens (tertiary/aromatic N) is 2. The molecule has 3 rings (SSSR count). The van der Waals surface area contributed by atoms with Gasteiger partial charge in [-0.2, -0.15) is 0 Å². The quantitative estimate of drug-likeness (QED) is 0.709. The zero-order chi connectivity index (χ0) is 17.8. The van der Waals surface area contributed by atoms with Gasteiger partial charge in [-0.15, -0.1) is 0 Å². The van der Waals surface area contributed by atoms with Crippen LogP contribution in [-0.4, -0.2) is 16.2 Å². The molecule has 0 saturated heterocycles. The summed E-state index contributed by atoms with van der Waals surface area (Å²) in [4.78, 5) is 16.9. The van der Waals surface area contributed by atoms with Gasteiger partial charge in [0, 0.05) is 11.6 Å². The minimum absolute atomic E-state index is 0.0557. The van der Waals surface area contributed by atoms with Crippen LogP contribution in [0.15, 0.2) is 59.7 Å². The predicted octanol–water partition coefficient (Wildman–Crippen LogP) is 3.97. The summed E-state index contributed by atoms with van der Waals surface area (Å²) in [5.74, 6) is 0.814. The molecule has 0 bridgehead atoms. The van der Waals surface area contributed by atoms with Crippen LogP contribution in [0.1, 0.15) is 23.6 Å². The molecule has 0 aliphatic carbocycles. The van der Waals surface area contributed by atoms with Crippen molar-refractivity contribution < 1.29 is 4.74 Å². The third-order valence-electron chi connectivity index (χ3n) is 4.19. The Morgan fingerprint density at radius 3 is 2.48 bits per heavy atom. The molecular formula is C21H22N2O2. The summed E-state index contributed by atoms with van der Waals surface area (Å²) in [6.07, 6.45) is 1.62. The minimum Gasteiger partial charge on any atom is -0.494 e. The van der Waals surface area contributed by atoms with E-state index in [4.69, 9.17) is 4.74 Å². The highest BCUT2D eigenvalue weighted by atomic mass is 16.5. The van der Waals surface area contributed by atoms with Gasteiger partial charge in [0.15, 0.2) is 0 Å². The van der Waals surface area contributed by atoms with E-state index in [9.17, 15) is 4.79 Å². The lowest BCUT2D eigenvalue weighted by atomic mass is 10.1. The first-order chi connectivity index (χ1) is 12.1. The van der Waals surface area contributed by atoms with Gasteiger partial charge in [-0.05, 0) is 56.2 Å². The summed E-state index contributed by atoms with van der Waals surface area (Å²) in [6, 6.07) is 15.5. The lowest BCUT2D eigenvalue weighted by Crippen LogP contribution is -2.20. The Kier molecular flexibility index (Phi) is 4.98. The Bertz CT molecular complexity index is 927. The van der Waals surface area contributed by atoms with Crippen molar-refractivity contribution in [1.29, 1.82) is 0 Å². The van der Waals surface area contributed by atoms with Crippen molar-refractivity contribution in [1.82, 2.24) is 9.55 Å². The van der Waals surface area contributed by atoms with Crippen LogP contribution in [0, 0.1) is 13.8 Å². The van der Waals surface area contributed by atoms with Gasteiger partial charge in [-0.3, -0.25) is 9.36 Å². The molecule has 0 aliphatic heterocycles. The lowest BCUT2D eigenvalue weighted by molar-refractivity contribution is 0.340. The second kappa shape index (κ2) is 7.34. The fourth-order valence-electron chi connectivity index (χ4n) is 2.75. The normalized spacial score (nSPS) is 10.7. The van der Waals surface area contributed by atoms with Gasteiger partial charge in [0.25, 0.3) is 5.56 Å². The average Bonchev–Trinajstić information content (AvgIpc) is 2.61. The lowest BCUT2D eigenvalue weighted by Gasteiger charge is -2.10. The Morgan fingerprint density at radius 1 is 1.04 bits per heavy atom. The van der Waals surface area contributed by atoms with Crippen molar-refractivity contribution in [2.45, 2.75) is 27.3 Å². The summed E-state index contributed by atoms with van der Waals surface area (Å²) in [6.45, 7) is 7.22. The van der Waals surface area contributed by atoms with E-state index in [2.05, 4.69) is 37.0 Å². The monoisotopic (exact) mass is 334 g/mol. The molecular weight excluding hydrogens is 312 g/mol. The molecule has 2 aromatic carbocycles. The van der Waals surface area contributed by atoms with Gasteiger partial charge in [-0.25, -0.2) is 4.98 Å². The van der Waals surface area contributed by atoms with Crippen LogP contribution >= 0.6 is 0 Å². The molecule has 0 N–H and O–H groups in total. The highest BCUT2D eigenvalue weighted by Crippen LogP contribution is 2.19. The van der Waals surface area contributed by atoms with E-state index in [0.29, 0.717) is 18.8 Å². The molecule has 0 saturated carbocycles. The topological polar surface area (TPSA) is 44.1 Å². The zero-order valence-corrected chi connectivity index (χ0v) is 14.8. The summed E-state index contributed by atoms with van der Waals surface area (Å²) >= 11 is 0. The number of benzene rings is 2. The van der Waals surface area contributed by atoms with Crippen molar-refractivity contribution in [2.24, 2.45) is 0 Å². The number of aromatic nitrogens is 2. The van der Waals surface area contributed by atoms with Gasteiger partial charge >= 0.3 is 0 Å². The number of aryl methyl sites for hydroxylation is 2. The first kappa shape index (κ1) is 17.0. The largest absolute Gasteiger partial charge is 0.494 e. The van der Waals surface area contributed by atoms with Gasteiger partial charge in [0.1, 0.15) is 5.75 Å². The molecule has 0 spiro atoms. The fourth-order valence-corrected chi connectivity index (χ4v) is 2.75. The van der Waals surface area contributed by atoms with Crippen molar-refractivity contribution in [2.75, 3.05) is 6.61 Å². The standard InChI is InChI=1S/C21H22N2O2/c1-4-25-19-9-7-17(8-10-19)20-12-21(24)23(14-22-20)13-18-11-15(2)5-6-16(18)3/h5-12,14H,4,13H2,1-3H3. The first-order valence-corrected chi connectivity index (χ1v) is 8.42. The number of hydrogen-bond acceptors (Lipinski definition) is 3. The van der Waals surface area contributed by atoms with Crippen molar-refractivity contribution in [3.8, 4) is 17.0 Å². The molecule has 128 valence electrons. The van der Waals surface area contributed by atoms with Crippen molar-refractivity contribution in [3.63, 3.8) is 0 Å². The predicted molar refractivity (Wildman–Crippen MR) is 100 cm³/mol. The molecule has 0 fully saturated rings. The molecule has 0 amide bonds. The van der Waals surface area contributed by atoms with Crippen LogP contribution in [0.4, 0.5) is 0 Å². The van der Waals surface area contributed by atoms with Crippen molar-refractivity contribution in [3.05, 3.63) is 81.9 Å². The maximum absolute atomic E-state index is 12.5. The fraction of sp³-hybridized carbons (Fsp3) is 0.238. The van der Waals surface area contributed by atoms with Crippen LogP contribution in [0.25, 0.3) is 11.3 Å². The van der Waals surface area contributed by atoms with E-state index in [1.54, 1.807) is 17.0 Å². The van der Waals surface area contributed by atoms with E-state index in [1.165, 1.54) is 11.1 Å². The van der Waals surface area contributed by atoms with Gasteiger partial charge < -0.3 is 4.74 Å². The number of ether oxygens (including phenoxy) is 1. The molecule has 1 heterocycles. The molecule has 0 unspecified atom stereocenters. The van der Waals surface area contributed by atoms with Gasteiger partial charge in [0.2, 0.25) is 0 Å². The molecule has 0 radical (unpaired) electrons. The van der Waals surface area contributed by atoms with Crippen molar-refractivity contribution >= 4 is 0 Å². The summed E-state index contributed by atoms with van der Waals surface area (Å²) in [5, 5.41) is 0. The second-order valence-corrected chi connectivity index (χ2v) is 6.13. The highest BCUT2D eigenvalue weighted by molar-refractivity contribution is 5.59. The smallest absolute Gasteiger partial charge is 0.254 e. The Morgan fingerprint density at radius 2 is 1.80 bits per heavy atom. The average molecular weight is 334 g/mol. The van der Waals surface area contributed by atoms with Crippen LogP contribution < -0.4 is 10.3 Å². The third-order valence-corrected chi connectivity index (χ3v) is 4.19. The summed E-state index contributed by atoms with van der Waals surface area (Å²) < 4.78 is 7.08. The minimum atomic E-state index is -0.0557. The Balaban J connectivity index is 1.85.